The maximum absolute atomic E-state index is 12.9. The molecule has 418 valence electrons. The van der Waals surface area contributed by atoms with Crippen molar-refractivity contribution in [1.29, 1.82) is 0 Å². The highest BCUT2D eigenvalue weighted by atomic mass is 31.2. The van der Waals surface area contributed by atoms with Crippen molar-refractivity contribution < 1.29 is 32.9 Å². The van der Waals surface area contributed by atoms with Crippen LogP contribution in [0.3, 0.4) is 0 Å². The van der Waals surface area contributed by atoms with Gasteiger partial charge in [0.25, 0.3) is 0 Å². The fraction of sp³-hybridized carbons (Fsp3) is 0.855. The summed E-state index contributed by atoms with van der Waals surface area (Å²) in [4.78, 5) is 23.2. The first-order valence-corrected chi connectivity index (χ1v) is 32.0. The number of likely N-dealkylation sites (N-methyl/N-ethyl adjacent to an activating group) is 1. The third-order valence-electron chi connectivity index (χ3n) is 13.8. The fourth-order valence-electron chi connectivity index (χ4n) is 8.97. The van der Waals surface area contributed by atoms with Gasteiger partial charge in [-0.05, 0) is 64.2 Å². The molecule has 1 amide bonds. The molecule has 0 fully saturated rings. The molecule has 0 aliphatic rings. The highest BCUT2D eigenvalue weighted by Crippen LogP contribution is 2.43. The van der Waals surface area contributed by atoms with Gasteiger partial charge in [-0.3, -0.25) is 13.8 Å². The molecule has 0 rings (SSSR count). The standard InChI is InChI=1S/C62H119N2O6P/c1-6-8-10-12-14-16-18-20-21-22-23-24-25-26-27-28-29-30-31-32-33-34-35-36-37-38-39-40-41-42-43-44-46-48-50-52-54-56-62(66)63-60(59-70-71(67,68)69-58-57-64(3,4)5)61(65)55-53-51-49-47-45-19-17-15-13-11-9-7-2/h27-28,30-31,45,47,53,55,60-61,65H,6-26,29,32-44,46,48-52,54,56-59H2,1-5H3,(H-,63,66,67,68)/p+1/b28-27-,31-30-,47-45+,55-53+. The molecule has 0 aliphatic heterocycles. The first-order chi connectivity index (χ1) is 34.5. The van der Waals surface area contributed by atoms with Crippen LogP contribution in [0, 0.1) is 0 Å². The second-order valence-corrected chi connectivity index (χ2v) is 23.5. The Hall–Kier alpha value is -1.54. The van der Waals surface area contributed by atoms with Crippen LogP contribution >= 0.6 is 7.82 Å². The van der Waals surface area contributed by atoms with Crippen LogP contribution in [0.4, 0.5) is 0 Å². The number of allylic oxidation sites excluding steroid dienone is 7. The Morgan fingerprint density at radius 2 is 0.817 bits per heavy atom. The molecule has 0 spiro atoms. The zero-order valence-corrected chi connectivity index (χ0v) is 48.6. The molecule has 0 radical (unpaired) electrons. The van der Waals surface area contributed by atoms with Crippen LogP contribution in [0.25, 0.3) is 0 Å². The molecule has 8 nitrogen and oxygen atoms in total. The van der Waals surface area contributed by atoms with E-state index < -0.39 is 20.0 Å². The van der Waals surface area contributed by atoms with E-state index in [0.717, 1.165) is 44.9 Å². The van der Waals surface area contributed by atoms with Crippen molar-refractivity contribution in [2.24, 2.45) is 0 Å². The molecule has 0 heterocycles. The van der Waals surface area contributed by atoms with E-state index >= 15 is 0 Å². The number of aliphatic hydroxyl groups is 1. The van der Waals surface area contributed by atoms with E-state index in [1.165, 1.54) is 225 Å². The second-order valence-electron chi connectivity index (χ2n) is 22.1. The molecule has 0 aliphatic carbocycles. The maximum atomic E-state index is 12.9. The van der Waals surface area contributed by atoms with Crippen LogP contribution in [-0.4, -0.2) is 73.4 Å². The van der Waals surface area contributed by atoms with Crippen LogP contribution in [0.5, 0.6) is 0 Å². The monoisotopic (exact) mass is 1020 g/mol. The minimum atomic E-state index is -4.35. The molecule has 0 aromatic carbocycles. The van der Waals surface area contributed by atoms with Crippen molar-refractivity contribution in [2.45, 2.75) is 302 Å². The van der Waals surface area contributed by atoms with E-state index in [2.05, 4.69) is 55.6 Å². The first kappa shape index (κ1) is 69.5. The summed E-state index contributed by atoms with van der Waals surface area (Å²) in [5.74, 6) is -0.186. The molecule has 3 N–H and O–H groups in total. The fourth-order valence-corrected chi connectivity index (χ4v) is 9.71. The van der Waals surface area contributed by atoms with Gasteiger partial charge in [0, 0.05) is 6.42 Å². The van der Waals surface area contributed by atoms with E-state index in [4.69, 9.17) is 9.05 Å². The van der Waals surface area contributed by atoms with Crippen LogP contribution < -0.4 is 5.32 Å². The van der Waals surface area contributed by atoms with Crippen LogP contribution in [0.2, 0.25) is 0 Å². The maximum Gasteiger partial charge on any atom is 0.472 e. The van der Waals surface area contributed by atoms with Crippen molar-refractivity contribution in [3.05, 3.63) is 48.6 Å². The van der Waals surface area contributed by atoms with Gasteiger partial charge in [-0.1, -0.05) is 268 Å². The Bertz CT molecular complexity index is 1290. The Morgan fingerprint density at radius 3 is 1.21 bits per heavy atom. The molecule has 71 heavy (non-hydrogen) atoms. The smallest absolute Gasteiger partial charge is 0.387 e. The quantitative estimate of drug-likeness (QED) is 0.0243. The number of carbonyl (C=O) groups excluding carboxylic acids is 1. The molecule has 9 heteroatoms. The number of nitrogens with one attached hydrogen (secondary N) is 1. The highest BCUT2D eigenvalue weighted by molar-refractivity contribution is 7.47. The van der Waals surface area contributed by atoms with E-state index in [0.29, 0.717) is 17.4 Å². The van der Waals surface area contributed by atoms with Gasteiger partial charge in [0.15, 0.2) is 0 Å². The molecular weight excluding hydrogens is 900 g/mol. The highest BCUT2D eigenvalue weighted by Gasteiger charge is 2.27. The van der Waals surface area contributed by atoms with Crippen molar-refractivity contribution in [1.82, 2.24) is 5.32 Å². The lowest BCUT2D eigenvalue weighted by Gasteiger charge is -2.25. The molecule has 0 saturated carbocycles. The summed E-state index contributed by atoms with van der Waals surface area (Å²) in [6, 6.07) is -0.862. The van der Waals surface area contributed by atoms with E-state index in [1.54, 1.807) is 6.08 Å². The molecule has 0 aromatic rings. The number of nitrogens with zero attached hydrogens (tertiary/aromatic N) is 1. The lowest BCUT2D eigenvalue weighted by Crippen LogP contribution is -2.45. The van der Waals surface area contributed by atoms with Crippen molar-refractivity contribution >= 4 is 13.7 Å². The molecule has 0 bridgehead atoms. The number of amides is 1. The summed E-state index contributed by atoms with van der Waals surface area (Å²) in [5.41, 5.74) is 0. The topological polar surface area (TPSA) is 105 Å². The summed E-state index contributed by atoms with van der Waals surface area (Å²) in [7, 11) is 1.56. The molecular formula is C62H120N2O6P+. The summed E-state index contributed by atoms with van der Waals surface area (Å²) in [5, 5.41) is 13.9. The van der Waals surface area contributed by atoms with Gasteiger partial charge in [0.05, 0.1) is 39.9 Å². The minimum absolute atomic E-state index is 0.0562. The first-order valence-electron chi connectivity index (χ1n) is 30.5. The summed E-state index contributed by atoms with van der Waals surface area (Å²) in [6.07, 6.45) is 71.1. The van der Waals surface area contributed by atoms with Crippen molar-refractivity contribution in [3.63, 3.8) is 0 Å². The van der Waals surface area contributed by atoms with Gasteiger partial charge in [-0.15, -0.1) is 0 Å². The molecule has 3 unspecified atom stereocenters. The Labute approximate surface area is 441 Å². The molecule has 0 aromatic heterocycles. The van der Waals surface area contributed by atoms with E-state index in [-0.39, 0.29) is 19.1 Å². The number of hydrogen-bond acceptors (Lipinski definition) is 5. The lowest BCUT2D eigenvalue weighted by atomic mass is 10.0. The number of carbonyl (C=O) groups is 1. The Morgan fingerprint density at radius 1 is 0.479 bits per heavy atom. The zero-order chi connectivity index (χ0) is 52.0. The normalized spacial score (nSPS) is 14.2. The largest absolute Gasteiger partial charge is 0.472 e. The summed E-state index contributed by atoms with van der Waals surface area (Å²) < 4.78 is 23.6. The third-order valence-corrected chi connectivity index (χ3v) is 14.8. The van der Waals surface area contributed by atoms with Gasteiger partial charge >= 0.3 is 7.82 Å². The van der Waals surface area contributed by atoms with Crippen LogP contribution in [0.1, 0.15) is 290 Å². The number of unbranched alkanes of at least 4 members (excludes halogenated alkanes) is 37. The minimum Gasteiger partial charge on any atom is -0.387 e. The summed E-state index contributed by atoms with van der Waals surface area (Å²) >= 11 is 0. The van der Waals surface area contributed by atoms with Gasteiger partial charge in [-0.2, -0.15) is 0 Å². The van der Waals surface area contributed by atoms with Crippen molar-refractivity contribution in [3.8, 4) is 0 Å². The summed E-state index contributed by atoms with van der Waals surface area (Å²) in [6.45, 7) is 4.80. The third kappa shape index (κ3) is 56.0. The van der Waals surface area contributed by atoms with E-state index in [9.17, 15) is 19.4 Å². The second kappa shape index (κ2) is 53.3. The van der Waals surface area contributed by atoms with Crippen LogP contribution in [-0.2, 0) is 18.4 Å². The number of aliphatic hydroxyl groups excluding tert-OH is 1. The van der Waals surface area contributed by atoms with E-state index in [1.807, 2.05) is 27.2 Å². The number of hydrogen-bond donors (Lipinski definition) is 3. The Balaban J connectivity index is 3.93. The SMILES string of the molecule is CCCCCCCC/C=C/CC/C=C/C(O)C(COP(=O)(O)OCC[N+](C)(C)C)NC(=O)CCCCCCCCCCCCCCCCCCC/C=C\C/C=C\CCCCCCCCCCCCCCC. The average molecular weight is 1020 g/mol. The van der Waals surface area contributed by atoms with Gasteiger partial charge in [0.2, 0.25) is 5.91 Å². The number of rotatable bonds is 56. The molecule has 3 atom stereocenters. The van der Waals surface area contributed by atoms with Gasteiger partial charge in [0.1, 0.15) is 13.2 Å². The van der Waals surface area contributed by atoms with Gasteiger partial charge < -0.3 is 19.8 Å². The average Bonchev–Trinajstić information content (AvgIpc) is 3.33. The molecule has 0 saturated heterocycles. The lowest BCUT2D eigenvalue weighted by molar-refractivity contribution is -0.870. The van der Waals surface area contributed by atoms with Crippen LogP contribution in [0.15, 0.2) is 48.6 Å². The predicted molar refractivity (Wildman–Crippen MR) is 309 cm³/mol. The van der Waals surface area contributed by atoms with Crippen molar-refractivity contribution in [2.75, 3.05) is 40.9 Å². The van der Waals surface area contributed by atoms with Gasteiger partial charge in [-0.25, -0.2) is 4.57 Å². The Kier molecular flexibility index (Phi) is 52.1. The predicted octanol–water partition coefficient (Wildman–Crippen LogP) is 18.7. The number of quaternary nitrogens is 1. The zero-order valence-electron chi connectivity index (χ0n) is 47.7. The number of phosphoric acid groups is 1. The number of phosphoric ester groups is 1.